The van der Waals surface area contributed by atoms with E-state index in [2.05, 4.69) is 18.7 Å². The van der Waals surface area contributed by atoms with E-state index in [9.17, 15) is 4.79 Å². The summed E-state index contributed by atoms with van der Waals surface area (Å²) in [7, 11) is 0. The van der Waals surface area contributed by atoms with Gasteiger partial charge in [-0.3, -0.25) is 4.79 Å². The van der Waals surface area contributed by atoms with Gasteiger partial charge in [0.15, 0.2) is 0 Å². The second-order valence-corrected chi connectivity index (χ2v) is 6.86. The summed E-state index contributed by atoms with van der Waals surface area (Å²) in [5.74, 6) is 1.09. The van der Waals surface area contributed by atoms with Gasteiger partial charge in [0.1, 0.15) is 0 Å². The maximum Gasteiger partial charge on any atom is 0.222 e. The van der Waals surface area contributed by atoms with E-state index >= 15 is 0 Å². The summed E-state index contributed by atoms with van der Waals surface area (Å²) < 4.78 is 5.91. The Bertz CT molecular complexity index is 317. The summed E-state index contributed by atoms with van der Waals surface area (Å²) in [5.41, 5.74) is 0. The van der Waals surface area contributed by atoms with E-state index in [0.29, 0.717) is 24.5 Å². The van der Waals surface area contributed by atoms with Crippen LogP contribution in [0.2, 0.25) is 0 Å². The van der Waals surface area contributed by atoms with Gasteiger partial charge in [-0.1, -0.05) is 6.92 Å². The number of carbonyl (C=O) groups is 1. The maximum atomic E-state index is 11.7. The van der Waals surface area contributed by atoms with Crippen molar-refractivity contribution in [2.45, 2.75) is 65.1 Å². The molecule has 4 heteroatoms. The third-order valence-electron chi connectivity index (χ3n) is 4.79. The zero-order valence-corrected chi connectivity index (χ0v) is 14.0. The smallest absolute Gasteiger partial charge is 0.222 e. The molecule has 0 N–H and O–H groups in total. The quantitative estimate of drug-likeness (QED) is 0.781. The molecule has 0 aliphatic carbocycles. The van der Waals surface area contributed by atoms with E-state index in [4.69, 9.17) is 4.74 Å². The molecule has 0 aromatic rings. The molecule has 2 saturated heterocycles. The number of piperidine rings is 2. The van der Waals surface area contributed by atoms with Crippen LogP contribution < -0.4 is 0 Å². The number of likely N-dealkylation sites (tertiary alicyclic amines) is 2. The molecular weight excluding hydrogens is 264 g/mol. The molecule has 2 aliphatic rings. The first kappa shape index (κ1) is 16.8. The van der Waals surface area contributed by atoms with Crippen molar-refractivity contribution in [3.8, 4) is 0 Å². The molecule has 0 aromatic heterocycles. The van der Waals surface area contributed by atoms with Gasteiger partial charge in [-0.15, -0.1) is 0 Å². The normalized spacial score (nSPS) is 23.0. The van der Waals surface area contributed by atoms with E-state index in [1.165, 1.54) is 45.3 Å². The van der Waals surface area contributed by atoms with Crippen LogP contribution in [-0.4, -0.2) is 60.6 Å². The molecule has 21 heavy (non-hydrogen) atoms. The fourth-order valence-electron chi connectivity index (χ4n) is 3.57. The highest BCUT2D eigenvalue weighted by Gasteiger charge is 2.26. The van der Waals surface area contributed by atoms with E-state index < -0.39 is 0 Å². The van der Waals surface area contributed by atoms with Crippen LogP contribution in [0.5, 0.6) is 0 Å². The third kappa shape index (κ3) is 5.26. The number of hydrogen-bond donors (Lipinski definition) is 0. The Balaban J connectivity index is 1.65. The summed E-state index contributed by atoms with van der Waals surface area (Å²) in [6.45, 7) is 11.7. The predicted octanol–water partition coefficient (Wildman–Crippen LogP) is 2.52. The lowest BCUT2D eigenvalue weighted by atomic mass is 9.95. The highest BCUT2D eigenvalue weighted by molar-refractivity contribution is 5.75. The molecule has 0 aromatic carbocycles. The van der Waals surface area contributed by atoms with Gasteiger partial charge >= 0.3 is 0 Å². The zero-order valence-electron chi connectivity index (χ0n) is 14.0. The SMILES string of the molecule is CCC(=O)N1CCC(CN2CCC(OC(C)C)CC2)CC1. The van der Waals surface area contributed by atoms with Crippen molar-refractivity contribution < 1.29 is 9.53 Å². The summed E-state index contributed by atoms with van der Waals surface area (Å²) in [6, 6.07) is 0. The van der Waals surface area contributed by atoms with Crippen LogP contribution in [0.25, 0.3) is 0 Å². The molecule has 2 rings (SSSR count). The summed E-state index contributed by atoms with van der Waals surface area (Å²) in [6.07, 6.45) is 6.15. The molecule has 1 amide bonds. The Morgan fingerprint density at radius 1 is 1.10 bits per heavy atom. The fraction of sp³-hybridized carbons (Fsp3) is 0.941. The topological polar surface area (TPSA) is 32.8 Å². The van der Waals surface area contributed by atoms with Gasteiger partial charge in [0.25, 0.3) is 0 Å². The van der Waals surface area contributed by atoms with Crippen LogP contribution in [0.4, 0.5) is 0 Å². The number of carbonyl (C=O) groups excluding carboxylic acids is 1. The molecule has 0 spiro atoms. The lowest BCUT2D eigenvalue weighted by Gasteiger charge is -2.38. The Hall–Kier alpha value is -0.610. The van der Waals surface area contributed by atoms with Gasteiger partial charge in [-0.2, -0.15) is 0 Å². The second-order valence-electron chi connectivity index (χ2n) is 6.86. The van der Waals surface area contributed by atoms with Gasteiger partial charge in [0.05, 0.1) is 12.2 Å². The predicted molar refractivity (Wildman–Crippen MR) is 85.3 cm³/mol. The first-order chi connectivity index (χ1) is 10.1. The monoisotopic (exact) mass is 296 g/mol. The van der Waals surface area contributed by atoms with Crippen molar-refractivity contribution in [3.63, 3.8) is 0 Å². The lowest BCUT2D eigenvalue weighted by molar-refractivity contribution is -0.132. The molecule has 122 valence electrons. The molecular formula is C17H32N2O2. The number of rotatable bonds is 5. The highest BCUT2D eigenvalue weighted by atomic mass is 16.5. The number of amides is 1. The van der Waals surface area contributed by atoms with Gasteiger partial charge in [-0.05, 0) is 45.4 Å². The Kier molecular flexibility index (Phi) is 6.49. The molecule has 0 radical (unpaired) electrons. The van der Waals surface area contributed by atoms with Crippen molar-refractivity contribution in [1.29, 1.82) is 0 Å². The van der Waals surface area contributed by atoms with Crippen molar-refractivity contribution in [2.75, 3.05) is 32.7 Å². The average molecular weight is 296 g/mol. The molecule has 2 aliphatic heterocycles. The van der Waals surface area contributed by atoms with E-state index in [0.717, 1.165) is 19.0 Å². The Labute approximate surface area is 129 Å². The average Bonchev–Trinajstić information content (AvgIpc) is 2.49. The maximum absolute atomic E-state index is 11.7. The van der Waals surface area contributed by atoms with Crippen molar-refractivity contribution >= 4 is 5.91 Å². The minimum absolute atomic E-state index is 0.320. The number of hydrogen-bond acceptors (Lipinski definition) is 3. The summed E-state index contributed by atoms with van der Waals surface area (Å²) in [5, 5.41) is 0. The van der Waals surface area contributed by atoms with Gasteiger partial charge in [0.2, 0.25) is 5.91 Å². The lowest BCUT2D eigenvalue weighted by Crippen LogP contribution is -2.44. The number of nitrogens with zero attached hydrogens (tertiary/aromatic N) is 2. The summed E-state index contributed by atoms with van der Waals surface area (Å²) >= 11 is 0. The van der Waals surface area contributed by atoms with E-state index in [-0.39, 0.29) is 0 Å². The molecule has 0 unspecified atom stereocenters. The molecule has 0 atom stereocenters. The minimum Gasteiger partial charge on any atom is -0.375 e. The third-order valence-corrected chi connectivity index (χ3v) is 4.79. The number of ether oxygens (including phenoxy) is 1. The van der Waals surface area contributed by atoms with Crippen molar-refractivity contribution in [2.24, 2.45) is 5.92 Å². The van der Waals surface area contributed by atoms with Crippen LogP contribution in [0.15, 0.2) is 0 Å². The first-order valence-corrected chi connectivity index (χ1v) is 8.74. The van der Waals surface area contributed by atoms with Crippen LogP contribution >= 0.6 is 0 Å². The molecule has 0 saturated carbocycles. The fourth-order valence-corrected chi connectivity index (χ4v) is 3.57. The van der Waals surface area contributed by atoms with E-state index in [1.807, 2.05) is 11.8 Å². The molecule has 0 bridgehead atoms. The van der Waals surface area contributed by atoms with Crippen molar-refractivity contribution in [1.82, 2.24) is 9.80 Å². The molecule has 2 fully saturated rings. The van der Waals surface area contributed by atoms with Gasteiger partial charge in [0, 0.05) is 39.1 Å². The standard InChI is InChI=1S/C17H32N2O2/c1-4-17(20)19-11-5-15(6-12-19)13-18-9-7-16(8-10-18)21-14(2)3/h14-16H,4-13H2,1-3H3. The van der Waals surface area contributed by atoms with Gasteiger partial charge < -0.3 is 14.5 Å². The minimum atomic E-state index is 0.320. The second kappa shape index (κ2) is 8.14. The Morgan fingerprint density at radius 2 is 1.71 bits per heavy atom. The van der Waals surface area contributed by atoms with E-state index in [1.54, 1.807) is 0 Å². The summed E-state index contributed by atoms with van der Waals surface area (Å²) in [4.78, 5) is 16.3. The first-order valence-electron chi connectivity index (χ1n) is 8.74. The van der Waals surface area contributed by atoms with Gasteiger partial charge in [-0.25, -0.2) is 0 Å². The van der Waals surface area contributed by atoms with Crippen LogP contribution in [0.1, 0.15) is 52.9 Å². The largest absolute Gasteiger partial charge is 0.375 e. The van der Waals surface area contributed by atoms with Crippen LogP contribution in [0, 0.1) is 5.92 Å². The molecule has 2 heterocycles. The Morgan fingerprint density at radius 3 is 2.24 bits per heavy atom. The molecule has 4 nitrogen and oxygen atoms in total. The van der Waals surface area contributed by atoms with Crippen LogP contribution in [0.3, 0.4) is 0 Å². The zero-order chi connectivity index (χ0) is 15.2. The van der Waals surface area contributed by atoms with Crippen LogP contribution in [-0.2, 0) is 9.53 Å². The van der Waals surface area contributed by atoms with Crippen molar-refractivity contribution in [3.05, 3.63) is 0 Å². The highest BCUT2D eigenvalue weighted by Crippen LogP contribution is 2.22.